The van der Waals surface area contributed by atoms with E-state index in [0.29, 0.717) is 5.92 Å². The zero-order chi connectivity index (χ0) is 16.9. The highest BCUT2D eigenvalue weighted by Crippen LogP contribution is 2.19. The Morgan fingerprint density at radius 3 is 2.96 bits per heavy atom. The molecule has 1 aromatic carbocycles. The maximum atomic E-state index is 5.79. The van der Waals surface area contributed by atoms with Gasteiger partial charge < -0.3 is 14.6 Å². The molecule has 25 heavy (non-hydrogen) atoms. The van der Waals surface area contributed by atoms with Crippen LogP contribution in [0.3, 0.4) is 0 Å². The standard InChI is InChI=1S/C20H24N4O/c1-2-7-18-17(6-1)23-20(25-18)9-5-12-24-13-10-16(15-24)14-22-19-8-3-4-11-21-19/h1-4,6-8,11,16H,5,9-10,12-15H2,(H,21,22)/t16-/m1/s1. The van der Waals surface area contributed by atoms with Gasteiger partial charge in [0.2, 0.25) is 0 Å². The number of benzene rings is 1. The predicted octanol–water partition coefficient (Wildman–Crippen LogP) is 3.59. The monoisotopic (exact) mass is 336 g/mol. The van der Waals surface area contributed by atoms with Gasteiger partial charge in [0, 0.05) is 25.7 Å². The summed E-state index contributed by atoms with van der Waals surface area (Å²) in [4.78, 5) is 11.4. The van der Waals surface area contributed by atoms with E-state index in [1.165, 1.54) is 13.0 Å². The van der Waals surface area contributed by atoms with Crippen LogP contribution >= 0.6 is 0 Å². The predicted molar refractivity (Wildman–Crippen MR) is 99.6 cm³/mol. The summed E-state index contributed by atoms with van der Waals surface area (Å²) in [6.07, 6.45) is 5.08. The molecule has 0 unspecified atom stereocenters. The molecule has 130 valence electrons. The molecule has 1 aliphatic heterocycles. The van der Waals surface area contributed by atoms with Gasteiger partial charge in [-0.1, -0.05) is 18.2 Å². The molecule has 0 saturated carbocycles. The van der Waals surface area contributed by atoms with E-state index in [2.05, 4.69) is 20.2 Å². The summed E-state index contributed by atoms with van der Waals surface area (Å²) in [5.41, 5.74) is 1.85. The van der Waals surface area contributed by atoms with Crippen LogP contribution in [0.15, 0.2) is 53.1 Å². The number of nitrogens with one attached hydrogen (secondary N) is 1. The van der Waals surface area contributed by atoms with Crippen LogP contribution in [0, 0.1) is 5.92 Å². The van der Waals surface area contributed by atoms with E-state index in [1.54, 1.807) is 0 Å². The van der Waals surface area contributed by atoms with E-state index in [1.807, 2.05) is 48.7 Å². The highest BCUT2D eigenvalue weighted by molar-refractivity contribution is 5.72. The van der Waals surface area contributed by atoms with Crippen molar-refractivity contribution >= 4 is 16.9 Å². The highest BCUT2D eigenvalue weighted by atomic mass is 16.3. The Kier molecular flexibility index (Phi) is 4.93. The van der Waals surface area contributed by atoms with Crippen molar-refractivity contribution in [1.82, 2.24) is 14.9 Å². The number of oxazole rings is 1. The van der Waals surface area contributed by atoms with E-state index in [0.717, 1.165) is 55.3 Å². The zero-order valence-electron chi connectivity index (χ0n) is 14.4. The van der Waals surface area contributed by atoms with Gasteiger partial charge in [-0.25, -0.2) is 9.97 Å². The summed E-state index contributed by atoms with van der Waals surface area (Å²) in [5, 5.41) is 3.44. The van der Waals surface area contributed by atoms with Crippen LogP contribution in [0.4, 0.5) is 5.82 Å². The first-order valence-electron chi connectivity index (χ1n) is 9.08. The van der Waals surface area contributed by atoms with Crippen molar-refractivity contribution in [2.75, 3.05) is 31.5 Å². The lowest BCUT2D eigenvalue weighted by molar-refractivity contribution is 0.317. The molecular weight excluding hydrogens is 312 g/mol. The summed E-state index contributed by atoms with van der Waals surface area (Å²) in [6, 6.07) is 13.9. The molecule has 0 radical (unpaired) electrons. The molecule has 4 rings (SSSR count). The van der Waals surface area contributed by atoms with Gasteiger partial charge in [0.05, 0.1) is 0 Å². The van der Waals surface area contributed by atoms with Crippen molar-refractivity contribution in [3.63, 3.8) is 0 Å². The number of anilines is 1. The van der Waals surface area contributed by atoms with Gasteiger partial charge in [-0.15, -0.1) is 0 Å². The van der Waals surface area contributed by atoms with Crippen molar-refractivity contribution in [2.24, 2.45) is 5.92 Å². The molecule has 1 atom stereocenters. The van der Waals surface area contributed by atoms with Crippen LogP contribution in [0.25, 0.3) is 11.1 Å². The SMILES string of the molecule is c1ccc(NC[C@H]2CCN(CCCc3nc4ccccc4o3)C2)nc1. The number of hydrogen-bond acceptors (Lipinski definition) is 5. The number of aryl methyl sites for hydroxylation is 1. The largest absolute Gasteiger partial charge is 0.441 e. The van der Waals surface area contributed by atoms with Crippen molar-refractivity contribution in [1.29, 1.82) is 0 Å². The summed E-state index contributed by atoms with van der Waals surface area (Å²) in [7, 11) is 0. The fraction of sp³-hybridized carbons (Fsp3) is 0.400. The lowest BCUT2D eigenvalue weighted by Crippen LogP contribution is -2.24. The summed E-state index contributed by atoms with van der Waals surface area (Å²) < 4.78 is 5.79. The van der Waals surface area contributed by atoms with Crippen LogP contribution in [-0.2, 0) is 6.42 Å². The average Bonchev–Trinajstić information content (AvgIpc) is 3.27. The summed E-state index contributed by atoms with van der Waals surface area (Å²) in [5.74, 6) is 2.53. The van der Waals surface area contributed by atoms with Crippen molar-refractivity contribution in [3.8, 4) is 0 Å². The van der Waals surface area contributed by atoms with Crippen molar-refractivity contribution in [2.45, 2.75) is 19.3 Å². The zero-order valence-corrected chi connectivity index (χ0v) is 14.4. The third kappa shape index (κ3) is 4.17. The third-order valence-electron chi connectivity index (χ3n) is 4.81. The van der Waals surface area contributed by atoms with E-state index in [9.17, 15) is 0 Å². The number of hydrogen-bond donors (Lipinski definition) is 1. The van der Waals surface area contributed by atoms with E-state index < -0.39 is 0 Å². The second-order valence-electron chi connectivity index (χ2n) is 6.73. The number of rotatable bonds is 7. The molecule has 0 aliphatic carbocycles. The van der Waals surface area contributed by atoms with Gasteiger partial charge in [0.1, 0.15) is 11.3 Å². The fourth-order valence-electron chi connectivity index (χ4n) is 3.48. The van der Waals surface area contributed by atoms with E-state index in [4.69, 9.17) is 4.42 Å². The first-order chi connectivity index (χ1) is 12.4. The van der Waals surface area contributed by atoms with Crippen LogP contribution in [-0.4, -0.2) is 41.0 Å². The minimum absolute atomic E-state index is 0.700. The van der Waals surface area contributed by atoms with Crippen molar-refractivity contribution in [3.05, 3.63) is 54.6 Å². The second kappa shape index (κ2) is 7.66. The smallest absolute Gasteiger partial charge is 0.195 e. The number of nitrogens with zero attached hydrogens (tertiary/aromatic N) is 3. The first-order valence-corrected chi connectivity index (χ1v) is 9.08. The molecule has 0 bridgehead atoms. The van der Waals surface area contributed by atoms with Gasteiger partial charge >= 0.3 is 0 Å². The fourth-order valence-corrected chi connectivity index (χ4v) is 3.48. The topological polar surface area (TPSA) is 54.2 Å². The summed E-state index contributed by atoms with van der Waals surface area (Å²) >= 11 is 0. The van der Waals surface area contributed by atoms with Crippen LogP contribution < -0.4 is 5.32 Å². The van der Waals surface area contributed by atoms with Gasteiger partial charge in [-0.2, -0.15) is 0 Å². The Hall–Kier alpha value is -2.40. The van der Waals surface area contributed by atoms with E-state index in [-0.39, 0.29) is 0 Å². The van der Waals surface area contributed by atoms with Crippen LogP contribution in [0.1, 0.15) is 18.7 Å². The number of likely N-dealkylation sites (tertiary alicyclic amines) is 1. The third-order valence-corrected chi connectivity index (χ3v) is 4.81. The Labute approximate surface area is 148 Å². The van der Waals surface area contributed by atoms with E-state index >= 15 is 0 Å². The molecule has 1 aliphatic rings. The Bertz CT molecular complexity index is 769. The number of para-hydroxylation sites is 2. The van der Waals surface area contributed by atoms with Gasteiger partial charge in [-0.05, 0) is 56.1 Å². The molecule has 1 fully saturated rings. The lowest BCUT2D eigenvalue weighted by Gasteiger charge is -2.16. The maximum Gasteiger partial charge on any atom is 0.195 e. The Morgan fingerprint density at radius 2 is 2.08 bits per heavy atom. The molecule has 0 amide bonds. The number of pyridine rings is 1. The highest BCUT2D eigenvalue weighted by Gasteiger charge is 2.22. The van der Waals surface area contributed by atoms with Gasteiger partial charge in [-0.3, -0.25) is 0 Å². The second-order valence-corrected chi connectivity index (χ2v) is 6.73. The van der Waals surface area contributed by atoms with Crippen LogP contribution in [0.5, 0.6) is 0 Å². The van der Waals surface area contributed by atoms with Gasteiger partial charge in [0.15, 0.2) is 11.5 Å². The maximum absolute atomic E-state index is 5.79. The van der Waals surface area contributed by atoms with Crippen molar-refractivity contribution < 1.29 is 4.42 Å². The molecular formula is C20H24N4O. The van der Waals surface area contributed by atoms with Gasteiger partial charge in [0.25, 0.3) is 0 Å². The molecule has 0 spiro atoms. The minimum Gasteiger partial charge on any atom is -0.441 e. The normalized spacial score (nSPS) is 18.0. The lowest BCUT2D eigenvalue weighted by atomic mass is 10.1. The first kappa shape index (κ1) is 16.1. The minimum atomic E-state index is 0.700. The average molecular weight is 336 g/mol. The quantitative estimate of drug-likeness (QED) is 0.714. The molecule has 5 heteroatoms. The molecule has 3 aromatic rings. The number of fused-ring (bicyclic) bond motifs is 1. The number of aromatic nitrogens is 2. The molecule has 5 nitrogen and oxygen atoms in total. The van der Waals surface area contributed by atoms with Crippen LogP contribution in [0.2, 0.25) is 0 Å². The summed E-state index contributed by atoms with van der Waals surface area (Å²) in [6.45, 7) is 4.45. The molecule has 1 N–H and O–H groups in total. The molecule has 2 aromatic heterocycles. The Balaban J connectivity index is 1.19. The molecule has 1 saturated heterocycles. The molecule has 3 heterocycles. The Morgan fingerprint density at radius 1 is 1.16 bits per heavy atom.